The minimum atomic E-state index is -1.30. The van der Waals surface area contributed by atoms with Gasteiger partial charge in [-0.25, -0.2) is 0 Å². The Hall–Kier alpha value is -2.04. The Balaban J connectivity index is 1.57. The molecule has 0 amide bonds. The van der Waals surface area contributed by atoms with Crippen LogP contribution in [0.25, 0.3) is 0 Å². The summed E-state index contributed by atoms with van der Waals surface area (Å²) in [7, 11) is 0.357. The van der Waals surface area contributed by atoms with Crippen molar-refractivity contribution in [3.63, 3.8) is 0 Å². The van der Waals surface area contributed by atoms with E-state index in [1.54, 1.807) is 13.2 Å². The molecule has 2 fully saturated rings. The molecule has 0 saturated carbocycles. The molecule has 0 N–H and O–H groups in total. The highest BCUT2D eigenvalue weighted by molar-refractivity contribution is 6.76. The Morgan fingerprint density at radius 2 is 1.59 bits per heavy atom. The molecule has 0 bridgehead atoms. The van der Waals surface area contributed by atoms with E-state index in [1.165, 1.54) is 0 Å². The Labute approximate surface area is 234 Å². The topological polar surface area (TPSA) is 64.6 Å². The zero-order chi connectivity index (χ0) is 28.0. The third kappa shape index (κ3) is 8.23. The van der Waals surface area contributed by atoms with Gasteiger partial charge in [-0.05, 0) is 43.2 Å². The van der Waals surface area contributed by atoms with Crippen molar-refractivity contribution in [2.45, 2.75) is 95.3 Å². The molecule has 6 atom stereocenters. The van der Waals surface area contributed by atoms with Crippen LogP contribution >= 0.6 is 0 Å². The third-order valence-corrected chi connectivity index (χ3v) is 8.65. The maximum Gasteiger partial charge on any atom is 0.187 e. The van der Waals surface area contributed by atoms with Crippen molar-refractivity contribution in [1.82, 2.24) is 0 Å². The minimum Gasteiger partial charge on any atom is -0.497 e. The fraction of sp³-hybridized carbons (Fsp3) is 0.548. The van der Waals surface area contributed by atoms with E-state index in [0.717, 1.165) is 22.9 Å². The quantitative estimate of drug-likeness (QED) is 0.223. The van der Waals surface area contributed by atoms with Gasteiger partial charge in [0.05, 0.1) is 20.3 Å². The van der Waals surface area contributed by atoms with Crippen molar-refractivity contribution >= 4 is 8.07 Å². The van der Waals surface area contributed by atoms with Gasteiger partial charge in [0, 0.05) is 14.7 Å². The maximum atomic E-state index is 6.63. The maximum absolute atomic E-state index is 6.63. The standard InChI is InChI=1S/C31H44O7Si/c1-8-25(34-20-22-12-10-9-11-13-22)26-27(35-21-23-14-16-24(32-4)17-15-23)28-29(38-31(2,3)37-28)30(36-26)33-18-19-39(5,6)7/h8-17,25-30H,1,18-21H2,2-7H3/t25-,26+,27+,28-,29-,30-/m0/s1. The summed E-state index contributed by atoms with van der Waals surface area (Å²) >= 11 is 0. The first-order valence-electron chi connectivity index (χ1n) is 13.7. The second-order valence-corrected chi connectivity index (χ2v) is 17.5. The van der Waals surface area contributed by atoms with Gasteiger partial charge in [0.25, 0.3) is 0 Å². The first-order chi connectivity index (χ1) is 18.6. The normalized spacial score (nSPS) is 27.1. The molecule has 2 aromatic rings. The first kappa shape index (κ1) is 29.9. The highest BCUT2D eigenvalue weighted by atomic mass is 28.3. The van der Waals surface area contributed by atoms with Crippen LogP contribution in [-0.2, 0) is 41.6 Å². The van der Waals surface area contributed by atoms with Crippen molar-refractivity contribution in [2.24, 2.45) is 0 Å². The first-order valence-corrected chi connectivity index (χ1v) is 17.4. The van der Waals surface area contributed by atoms with Gasteiger partial charge in [0.2, 0.25) is 0 Å². The zero-order valence-electron chi connectivity index (χ0n) is 24.1. The summed E-state index contributed by atoms with van der Waals surface area (Å²) in [5.41, 5.74) is 2.08. The molecule has 2 aliphatic heterocycles. The summed E-state index contributed by atoms with van der Waals surface area (Å²) < 4.78 is 44.0. The van der Waals surface area contributed by atoms with Crippen LogP contribution in [0.4, 0.5) is 0 Å². The Bertz CT molecular complexity index is 1040. The van der Waals surface area contributed by atoms with Gasteiger partial charge in [-0.15, -0.1) is 6.58 Å². The Kier molecular flexibility index (Phi) is 10.0. The van der Waals surface area contributed by atoms with E-state index in [1.807, 2.05) is 68.4 Å². The van der Waals surface area contributed by atoms with Crippen molar-refractivity contribution in [1.29, 1.82) is 0 Å². The number of rotatable bonds is 13. The summed E-state index contributed by atoms with van der Waals surface area (Å²) in [5, 5.41) is 0. The second-order valence-electron chi connectivity index (χ2n) is 11.8. The molecular formula is C31H44O7Si. The van der Waals surface area contributed by atoms with Gasteiger partial charge in [-0.3, -0.25) is 0 Å². The Morgan fingerprint density at radius 3 is 2.23 bits per heavy atom. The smallest absolute Gasteiger partial charge is 0.187 e. The minimum absolute atomic E-state index is 0.366. The fourth-order valence-electron chi connectivity index (χ4n) is 4.83. The van der Waals surface area contributed by atoms with E-state index in [0.29, 0.717) is 19.8 Å². The van der Waals surface area contributed by atoms with Crippen molar-refractivity contribution in [2.75, 3.05) is 13.7 Å². The van der Waals surface area contributed by atoms with Crippen LogP contribution in [0, 0.1) is 0 Å². The lowest BCUT2D eigenvalue weighted by molar-refractivity contribution is -0.296. The molecule has 0 spiro atoms. The molecule has 0 aliphatic carbocycles. The van der Waals surface area contributed by atoms with E-state index < -0.39 is 50.7 Å². The van der Waals surface area contributed by atoms with Crippen molar-refractivity contribution in [3.05, 3.63) is 78.4 Å². The molecule has 0 radical (unpaired) electrons. The summed E-state index contributed by atoms with van der Waals surface area (Å²) in [5.74, 6) is -0.00382. The molecular weight excluding hydrogens is 512 g/mol. The molecule has 39 heavy (non-hydrogen) atoms. The summed E-state index contributed by atoms with van der Waals surface area (Å²) in [6.45, 7) is 16.3. The van der Waals surface area contributed by atoms with Crippen LogP contribution in [0.1, 0.15) is 25.0 Å². The van der Waals surface area contributed by atoms with E-state index in [4.69, 9.17) is 33.2 Å². The average Bonchev–Trinajstić information content (AvgIpc) is 3.24. The SMILES string of the molecule is C=C[C@H](OCc1ccccc1)[C@H]1O[C@H](OCC[Si](C)(C)C)[C@H]2OC(C)(C)O[C@H]2[C@@H]1OCc1ccc(OC)cc1. The lowest BCUT2D eigenvalue weighted by Gasteiger charge is -2.44. The fourth-order valence-corrected chi connectivity index (χ4v) is 5.56. The molecule has 2 aromatic carbocycles. The number of fused-ring (bicyclic) bond motifs is 1. The number of methoxy groups -OCH3 is 1. The third-order valence-electron chi connectivity index (χ3n) is 6.95. The molecule has 2 saturated heterocycles. The molecule has 7 nitrogen and oxygen atoms in total. The second kappa shape index (κ2) is 13.1. The average molecular weight is 557 g/mol. The molecule has 2 heterocycles. The molecule has 8 heteroatoms. The lowest BCUT2D eigenvalue weighted by Crippen LogP contribution is -2.61. The van der Waals surface area contributed by atoms with Gasteiger partial charge in [0.1, 0.15) is 36.3 Å². The molecule has 2 aliphatic rings. The van der Waals surface area contributed by atoms with Crippen LogP contribution in [0.15, 0.2) is 67.3 Å². The van der Waals surface area contributed by atoms with Gasteiger partial charge in [-0.1, -0.05) is 68.2 Å². The van der Waals surface area contributed by atoms with Gasteiger partial charge >= 0.3 is 0 Å². The molecule has 214 valence electrons. The van der Waals surface area contributed by atoms with Gasteiger partial charge < -0.3 is 33.2 Å². The van der Waals surface area contributed by atoms with E-state index in [2.05, 4.69) is 26.2 Å². The van der Waals surface area contributed by atoms with Crippen molar-refractivity contribution < 1.29 is 33.2 Å². The molecule has 0 unspecified atom stereocenters. The summed E-state index contributed by atoms with van der Waals surface area (Å²) in [4.78, 5) is 0. The van der Waals surface area contributed by atoms with Crippen LogP contribution in [0.5, 0.6) is 5.75 Å². The molecule has 4 rings (SSSR count). The van der Waals surface area contributed by atoms with E-state index in [-0.39, 0.29) is 0 Å². The van der Waals surface area contributed by atoms with Crippen molar-refractivity contribution in [3.8, 4) is 5.75 Å². The highest BCUT2D eigenvalue weighted by Crippen LogP contribution is 2.41. The van der Waals surface area contributed by atoms with Gasteiger partial charge in [0.15, 0.2) is 12.1 Å². The number of benzene rings is 2. The predicted octanol–water partition coefficient (Wildman–Crippen LogP) is 5.95. The number of hydrogen-bond acceptors (Lipinski definition) is 7. The largest absolute Gasteiger partial charge is 0.497 e. The van der Waals surface area contributed by atoms with E-state index in [9.17, 15) is 0 Å². The number of hydrogen-bond donors (Lipinski definition) is 0. The monoisotopic (exact) mass is 556 g/mol. The van der Waals surface area contributed by atoms with Crippen LogP contribution in [0.3, 0.4) is 0 Å². The van der Waals surface area contributed by atoms with Crippen LogP contribution in [0.2, 0.25) is 25.7 Å². The lowest BCUT2D eigenvalue weighted by atomic mass is 9.94. The predicted molar refractivity (Wildman–Crippen MR) is 153 cm³/mol. The summed E-state index contributed by atoms with van der Waals surface area (Å²) in [6, 6.07) is 18.9. The molecule has 0 aromatic heterocycles. The summed E-state index contributed by atoms with van der Waals surface area (Å²) in [6.07, 6.45) is -1.12. The van der Waals surface area contributed by atoms with Crippen LogP contribution in [-0.4, -0.2) is 64.4 Å². The highest BCUT2D eigenvalue weighted by Gasteiger charge is 2.57. The zero-order valence-corrected chi connectivity index (χ0v) is 25.1. The van der Waals surface area contributed by atoms with Crippen LogP contribution < -0.4 is 4.74 Å². The van der Waals surface area contributed by atoms with Gasteiger partial charge in [-0.2, -0.15) is 0 Å². The van der Waals surface area contributed by atoms with E-state index >= 15 is 0 Å². The Morgan fingerprint density at radius 1 is 0.923 bits per heavy atom. The number of ether oxygens (including phenoxy) is 7.